The second kappa shape index (κ2) is 5.37. The van der Waals surface area contributed by atoms with Gasteiger partial charge in [-0.3, -0.25) is 0 Å². The molecular formula is C10H17NOS. The maximum Gasteiger partial charge on any atom is 0.0667 e. The summed E-state index contributed by atoms with van der Waals surface area (Å²) in [6, 6.07) is 4.66. The minimum Gasteiger partial charge on any atom is -0.380 e. The smallest absolute Gasteiger partial charge is 0.0667 e. The zero-order chi connectivity index (χ0) is 9.68. The predicted molar refractivity (Wildman–Crippen MR) is 57.2 cm³/mol. The lowest BCUT2D eigenvalue weighted by atomic mass is 10.2. The van der Waals surface area contributed by atoms with Crippen molar-refractivity contribution in [1.29, 1.82) is 0 Å². The van der Waals surface area contributed by atoms with Crippen molar-refractivity contribution in [3.05, 3.63) is 22.4 Å². The van der Waals surface area contributed by atoms with Gasteiger partial charge in [0.05, 0.1) is 6.10 Å². The first-order valence-corrected chi connectivity index (χ1v) is 5.41. The number of hydrogen-bond acceptors (Lipinski definition) is 3. The molecule has 1 rings (SSSR count). The van der Waals surface area contributed by atoms with Crippen molar-refractivity contribution in [2.75, 3.05) is 13.7 Å². The van der Waals surface area contributed by atoms with Crippen molar-refractivity contribution in [2.24, 2.45) is 0 Å². The van der Waals surface area contributed by atoms with Crippen LogP contribution >= 0.6 is 11.3 Å². The topological polar surface area (TPSA) is 21.3 Å². The number of nitrogens with one attached hydrogen (secondary N) is 1. The molecule has 1 heterocycles. The monoisotopic (exact) mass is 199 g/mol. The van der Waals surface area contributed by atoms with E-state index in [1.165, 1.54) is 4.88 Å². The van der Waals surface area contributed by atoms with Gasteiger partial charge in [0.2, 0.25) is 0 Å². The zero-order valence-corrected chi connectivity index (χ0v) is 9.23. The molecule has 0 fully saturated rings. The van der Waals surface area contributed by atoms with E-state index >= 15 is 0 Å². The Balaban J connectivity index is 2.30. The normalized spacial score (nSPS) is 15.6. The molecule has 0 saturated heterocycles. The van der Waals surface area contributed by atoms with E-state index in [-0.39, 0.29) is 6.10 Å². The molecule has 1 unspecified atom stereocenters. The van der Waals surface area contributed by atoms with Crippen molar-refractivity contribution < 1.29 is 4.74 Å². The summed E-state index contributed by atoms with van der Waals surface area (Å²) in [4.78, 5) is 1.38. The molecule has 13 heavy (non-hydrogen) atoms. The Kier molecular flexibility index (Phi) is 4.42. The van der Waals surface area contributed by atoms with Crippen molar-refractivity contribution in [3.63, 3.8) is 0 Å². The summed E-state index contributed by atoms with van der Waals surface area (Å²) in [5.41, 5.74) is 0. The van der Waals surface area contributed by atoms with Crippen molar-refractivity contribution in [2.45, 2.75) is 26.0 Å². The molecule has 0 saturated carbocycles. The third kappa shape index (κ3) is 3.46. The van der Waals surface area contributed by atoms with E-state index in [1.807, 2.05) is 0 Å². The minimum absolute atomic E-state index is 0.280. The molecule has 0 aliphatic carbocycles. The Hall–Kier alpha value is -0.380. The van der Waals surface area contributed by atoms with Crippen molar-refractivity contribution >= 4 is 11.3 Å². The van der Waals surface area contributed by atoms with Gasteiger partial charge in [0.15, 0.2) is 0 Å². The Bertz CT molecular complexity index is 223. The summed E-state index contributed by atoms with van der Waals surface area (Å²) >= 11 is 1.79. The molecule has 0 spiro atoms. The van der Waals surface area contributed by atoms with Crippen LogP contribution in [-0.2, 0) is 4.74 Å². The Labute approximate surface area is 83.9 Å². The average molecular weight is 199 g/mol. The summed E-state index contributed by atoms with van der Waals surface area (Å²) in [5, 5.41) is 5.53. The maximum atomic E-state index is 5.16. The van der Waals surface area contributed by atoms with Crippen molar-refractivity contribution in [3.8, 4) is 0 Å². The molecule has 0 aliphatic heterocycles. The molecule has 0 radical (unpaired) electrons. The Morgan fingerprint density at radius 3 is 2.85 bits per heavy atom. The van der Waals surface area contributed by atoms with Gasteiger partial charge >= 0.3 is 0 Å². The minimum atomic E-state index is 0.280. The third-order valence-corrected chi connectivity index (χ3v) is 3.14. The molecule has 2 nitrogen and oxygen atoms in total. The molecule has 2 atom stereocenters. The van der Waals surface area contributed by atoms with Crippen molar-refractivity contribution in [1.82, 2.24) is 5.32 Å². The van der Waals surface area contributed by atoms with Crippen LogP contribution < -0.4 is 5.32 Å². The second-order valence-electron chi connectivity index (χ2n) is 3.19. The van der Waals surface area contributed by atoms with Crippen LogP contribution in [0.5, 0.6) is 0 Å². The van der Waals surface area contributed by atoms with Crippen LogP contribution in [0.1, 0.15) is 24.8 Å². The zero-order valence-electron chi connectivity index (χ0n) is 8.41. The lowest BCUT2D eigenvalue weighted by molar-refractivity contribution is 0.115. The highest BCUT2D eigenvalue weighted by Crippen LogP contribution is 2.17. The highest BCUT2D eigenvalue weighted by Gasteiger charge is 2.06. The van der Waals surface area contributed by atoms with E-state index in [1.54, 1.807) is 18.4 Å². The third-order valence-electron chi connectivity index (χ3n) is 2.08. The van der Waals surface area contributed by atoms with E-state index in [9.17, 15) is 0 Å². The molecule has 1 N–H and O–H groups in total. The first-order valence-electron chi connectivity index (χ1n) is 4.53. The summed E-state index contributed by atoms with van der Waals surface area (Å²) in [7, 11) is 1.74. The lowest BCUT2D eigenvalue weighted by Crippen LogP contribution is -2.27. The summed E-state index contributed by atoms with van der Waals surface area (Å²) in [5.74, 6) is 0. The van der Waals surface area contributed by atoms with Gasteiger partial charge in [-0.25, -0.2) is 0 Å². The highest BCUT2D eigenvalue weighted by molar-refractivity contribution is 7.10. The second-order valence-corrected chi connectivity index (χ2v) is 4.17. The SMILES string of the molecule is COC(C)CN[C@H](C)c1cccs1. The van der Waals surface area contributed by atoms with E-state index in [0.29, 0.717) is 6.04 Å². The van der Waals surface area contributed by atoms with Crippen LogP contribution in [0.15, 0.2) is 17.5 Å². The summed E-state index contributed by atoms with van der Waals surface area (Å²) in [6.07, 6.45) is 0.280. The van der Waals surface area contributed by atoms with Crippen LogP contribution in [0.4, 0.5) is 0 Å². The first kappa shape index (κ1) is 10.7. The van der Waals surface area contributed by atoms with Crippen LogP contribution in [0.3, 0.4) is 0 Å². The first-order chi connectivity index (χ1) is 6.24. The summed E-state index contributed by atoms with van der Waals surface area (Å²) in [6.45, 7) is 5.14. The van der Waals surface area contributed by atoms with Crippen LogP contribution in [0.25, 0.3) is 0 Å². The molecular weight excluding hydrogens is 182 g/mol. The molecule has 74 valence electrons. The number of hydrogen-bond donors (Lipinski definition) is 1. The molecule has 0 aromatic carbocycles. The van der Waals surface area contributed by atoms with Gasteiger partial charge in [-0.15, -0.1) is 11.3 Å². The van der Waals surface area contributed by atoms with Crippen LogP contribution in [-0.4, -0.2) is 19.8 Å². The lowest BCUT2D eigenvalue weighted by Gasteiger charge is -2.15. The van der Waals surface area contributed by atoms with Gasteiger partial charge in [-0.2, -0.15) is 0 Å². The van der Waals surface area contributed by atoms with Gasteiger partial charge in [0.1, 0.15) is 0 Å². The van der Waals surface area contributed by atoms with Gasteiger partial charge < -0.3 is 10.1 Å². The fraction of sp³-hybridized carbons (Fsp3) is 0.600. The summed E-state index contributed by atoms with van der Waals surface area (Å²) < 4.78 is 5.16. The van der Waals surface area contributed by atoms with Gasteiger partial charge in [-0.1, -0.05) is 6.07 Å². The average Bonchev–Trinajstić information content (AvgIpc) is 2.66. The Morgan fingerprint density at radius 2 is 2.31 bits per heavy atom. The Morgan fingerprint density at radius 1 is 1.54 bits per heavy atom. The number of ether oxygens (including phenoxy) is 1. The fourth-order valence-electron chi connectivity index (χ4n) is 1.06. The number of rotatable bonds is 5. The van der Waals surface area contributed by atoms with E-state index in [2.05, 4.69) is 36.7 Å². The maximum absolute atomic E-state index is 5.16. The number of thiophene rings is 1. The number of methoxy groups -OCH3 is 1. The van der Waals surface area contributed by atoms with Gasteiger partial charge in [0, 0.05) is 24.6 Å². The van der Waals surface area contributed by atoms with E-state index in [4.69, 9.17) is 4.74 Å². The molecule has 0 amide bonds. The van der Waals surface area contributed by atoms with Crippen LogP contribution in [0, 0.1) is 0 Å². The van der Waals surface area contributed by atoms with E-state index < -0.39 is 0 Å². The standard InChI is InChI=1S/C10H17NOS/c1-8(12-3)7-11-9(2)10-5-4-6-13-10/h4-6,8-9,11H,7H2,1-3H3/t8?,9-/m1/s1. The van der Waals surface area contributed by atoms with E-state index in [0.717, 1.165) is 6.54 Å². The highest BCUT2D eigenvalue weighted by atomic mass is 32.1. The molecule has 3 heteroatoms. The van der Waals surface area contributed by atoms with Crippen LogP contribution in [0.2, 0.25) is 0 Å². The quantitative estimate of drug-likeness (QED) is 0.786. The molecule has 1 aromatic heterocycles. The molecule has 0 bridgehead atoms. The molecule has 1 aromatic rings. The largest absolute Gasteiger partial charge is 0.380 e. The molecule has 0 aliphatic rings. The predicted octanol–water partition coefficient (Wildman–Crippen LogP) is 2.43. The van der Waals surface area contributed by atoms with Gasteiger partial charge in [-0.05, 0) is 25.3 Å². The fourth-order valence-corrected chi connectivity index (χ4v) is 1.82. The van der Waals surface area contributed by atoms with Gasteiger partial charge in [0.25, 0.3) is 0 Å².